The summed E-state index contributed by atoms with van der Waals surface area (Å²) in [5, 5.41) is 3.54. The summed E-state index contributed by atoms with van der Waals surface area (Å²) in [6.45, 7) is 7.13. The van der Waals surface area contributed by atoms with E-state index in [9.17, 15) is 13.2 Å². The number of nitrogens with one attached hydrogen (secondary N) is 1. The lowest BCUT2D eigenvalue weighted by molar-refractivity contribution is -0.137. The summed E-state index contributed by atoms with van der Waals surface area (Å²) in [7, 11) is 3.86. The lowest BCUT2D eigenvalue weighted by Crippen LogP contribution is -2.46. The van der Waals surface area contributed by atoms with E-state index in [-0.39, 0.29) is 30.0 Å². The Morgan fingerprint density at radius 1 is 1.19 bits per heavy atom. The van der Waals surface area contributed by atoms with Crippen molar-refractivity contribution in [2.45, 2.75) is 38.4 Å². The molecule has 2 fully saturated rings. The van der Waals surface area contributed by atoms with E-state index in [4.69, 9.17) is 4.74 Å². The van der Waals surface area contributed by atoms with Crippen LogP contribution in [0.2, 0.25) is 0 Å². The van der Waals surface area contributed by atoms with Gasteiger partial charge in [0, 0.05) is 45.2 Å². The number of aliphatic imine (C=N–C) groups is 1. The molecule has 1 aromatic rings. The van der Waals surface area contributed by atoms with Crippen LogP contribution in [-0.2, 0) is 10.9 Å². The van der Waals surface area contributed by atoms with Crippen LogP contribution < -0.4 is 5.32 Å². The van der Waals surface area contributed by atoms with Gasteiger partial charge in [0.2, 0.25) is 0 Å². The highest BCUT2D eigenvalue weighted by Crippen LogP contribution is 2.36. The van der Waals surface area contributed by atoms with Crippen LogP contribution in [0.4, 0.5) is 13.2 Å². The van der Waals surface area contributed by atoms with Gasteiger partial charge in [-0.3, -0.25) is 9.89 Å². The van der Waals surface area contributed by atoms with Gasteiger partial charge >= 0.3 is 6.18 Å². The van der Waals surface area contributed by atoms with Crippen LogP contribution in [0.15, 0.2) is 29.3 Å². The molecular formula is C23H36F3IN4O. The van der Waals surface area contributed by atoms with Gasteiger partial charge in [0.1, 0.15) is 0 Å². The zero-order valence-corrected chi connectivity index (χ0v) is 21.5. The van der Waals surface area contributed by atoms with Crippen molar-refractivity contribution in [2.24, 2.45) is 16.8 Å². The van der Waals surface area contributed by atoms with Gasteiger partial charge in [-0.05, 0) is 63.4 Å². The number of benzene rings is 1. The number of piperidine rings is 1. The molecule has 0 spiro atoms. The fourth-order valence-electron chi connectivity index (χ4n) is 4.87. The SMILES string of the molecule is CCOCC1CCN(C(=NC)NCC2CCCN(C)C2c2ccc(C(F)(F)F)cc2)C1.I. The molecule has 0 radical (unpaired) electrons. The maximum atomic E-state index is 13.0. The Kier molecular flexibility index (Phi) is 10.5. The summed E-state index contributed by atoms with van der Waals surface area (Å²) in [5.74, 6) is 1.73. The van der Waals surface area contributed by atoms with E-state index in [1.165, 1.54) is 12.1 Å². The number of halogens is 4. The third-order valence-electron chi connectivity index (χ3n) is 6.46. The Morgan fingerprint density at radius 2 is 1.91 bits per heavy atom. The van der Waals surface area contributed by atoms with E-state index in [0.717, 1.165) is 70.2 Å². The first-order valence-corrected chi connectivity index (χ1v) is 11.2. The molecule has 0 aliphatic carbocycles. The minimum Gasteiger partial charge on any atom is -0.381 e. The van der Waals surface area contributed by atoms with Crippen molar-refractivity contribution in [2.75, 3.05) is 53.5 Å². The van der Waals surface area contributed by atoms with Crippen LogP contribution in [0, 0.1) is 11.8 Å². The number of likely N-dealkylation sites (tertiary alicyclic amines) is 2. The van der Waals surface area contributed by atoms with Crippen LogP contribution in [0.25, 0.3) is 0 Å². The molecule has 5 nitrogen and oxygen atoms in total. The molecule has 2 saturated heterocycles. The quantitative estimate of drug-likeness (QED) is 0.309. The summed E-state index contributed by atoms with van der Waals surface area (Å²) in [5.41, 5.74) is 0.343. The van der Waals surface area contributed by atoms with Crippen LogP contribution in [0.1, 0.15) is 43.4 Å². The smallest absolute Gasteiger partial charge is 0.381 e. The van der Waals surface area contributed by atoms with Crippen molar-refractivity contribution in [1.82, 2.24) is 15.1 Å². The first-order chi connectivity index (χ1) is 14.8. The van der Waals surface area contributed by atoms with Gasteiger partial charge in [-0.25, -0.2) is 0 Å². The van der Waals surface area contributed by atoms with Crippen molar-refractivity contribution in [1.29, 1.82) is 0 Å². The van der Waals surface area contributed by atoms with E-state index in [0.29, 0.717) is 11.8 Å². The Hall–Kier alpha value is -1.07. The lowest BCUT2D eigenvalue weighted by atomic mass is 9.84. The Morgan fingerprint density at radius 3 is 2.53 bits per heavy atom. The number of rotatable bonds is 6. The second kappa shape index (κ2) is 12.4. The van der Waals surface area contributed by atoms with Gasteiger partial charge in [0.25, 0.3) is 0 Å². The monoisotopic (exact) mass is 568 g/mol. The molecule has 3 atom stereocenters. The average molecular weight is 568 g/mol. The molecule has 0 saturated carbocycles. The van der Waals surface area contributed by atoms with Gasteiger partial charge in [-0.15, -0.1) is 24.0 Å². The first-order valence-electron chi connectivity index (χ1n) is 11.2. The number of alkyl halides is 3. The molecule has 32 heavy (non-hydrogen) atoms. The van der Waals surface area contributed by atoms with Gasteiger partial charge < -0.3 is 15.0 Å². The summed E-state index contributed by atoms with van der Waals surface area (Å²) < 4.78 is 44.5. The van der Waals surface area contributed by atoms with Gasteiger partial charge in [-0.1, -0.05) is 12.1 Å². The van der Waals surface area contributed by atoms with E-state index in [1.807, 2.05) is 6.92 Å². The number of hydrogen-bond donors (Lipinski definition) is 1. The van der Waals surface area contributed by atoms with Crippen molar-refractivity contribution in [3.8, 4) is 0 Å². The number of hydrogen-bond acceptors (Lipinski definition) is 3. The molecule has 1 aromatic carbocycles. The third-order valence-corrected chi connectivity index (χ3v) is 6.46. The summed E-state index contributed by atoms with van der Waals surface area (Å²) in [6.07, 6.45) is -1.09. The Labute approximate surface area is 206 Å². The van der Waals surface area contributed by atoms with E-state index in [2.05, 4.69) is 27.2 Å². The average Bonchev–Trinajstić information content (AvgIpc) is 3.21. The highest BCUT2D eigenvalue weighted by molar-refractivity contribution is 14.0. The number of nitrogens with zero attached hydrogens (tertiary/aromatic N) is 3. The van der Waals surface area contributed by atoms with Crippen molar-refractivity contribution >= 4 is 29.9 Å². The molecule has 182 valence electrons. The molecule has 9 heteroatoms. The standard InChI is InChI=1S/C23H35F3N4O.HI/c1-4-31-16-17-11-13-30(15-17)22(27-2)28-14-19-6-5-12-29(3)21(19)18-7-9-20(10-8-18)23(24,25)26;/h7-10,17,19,21H,4-6,11-16H2,1-3H3,(H,27,28);1H. The molecule has 2 aliphatic heterocycles. The van der Waals surface area contributed by atoms with E-state index < -0.39 is 11.7 Å². The molecule has 0 bridgehead atoms. The minimum absolute atomic E-state index is 0. The largest absolute Gasteiger partial charge is 0.416 e. The number of ether oxygens (including phenoxy) is 1. The molecular weight excluding hydrogens is 532 g/mol. The molecule has 0 amide bonds. The van der Waals surface area contributed by atoms with E-state index in [1.54, 1.807) is 19.2 Å². The molecule has 0 aromatic heterocycles. The highest BCUT2D eigenvalue weighted by Gasteiger charge is 2.34. The lowest BCUT2D eigenvalue weighted by Gasteiger charge is -2.40. The summed E-state index contributed by atoms with van der Waals surface area (Å²) >= 11 is 0. The first kappa shape index (κ1) is 27.2. The predicted octanol–water partition coefficient (Wildman–Crippen LogP) is 4.64. The van der Waals surface area contributed by atoms with Crippen LogP contribution in [-0.4, -0.2) is 69.2 Å². The van der Waals surface area contributed by atoms with Crippen LogP contribution in [0.3, 0.4) is 0 Å². The predicted molar refractivity (Wildman–Crippen MR) is 132 cm³/mol. The Balaban J connectivity index is 0.00000363. The van der Waals surface area contributed by atoms with Gasteiger partial charge in [0.15, 0.2) is 5.96 Å². The molecule has 3 unspecified atom stereocenters. The topological polar surface area (TPSA) is 40.1 Å². The second-order valence-corrected chi connectivity index (χ2v) is 8.64. The zero-order valence-electron chi connectivity index (χ0n) is 19.2. The van der Waals surface area contributed by atoms with Crippen LogP contribution in [0.5, 0.6) is 0 Å². The minimum atomic E-state index is -4.31. The summed E-state index contributed by atoms with van der Waals surface area (Å²) in [6, 6.07) is 5.76. The maximum Gasteiger partial charge on any atom is 0.416 e. The van der Waals surface area contributed by atoms with Crippen molar-refractivity contribution in [3.63, 3.8) is 0 Å². The van der Waals surface area contributed by atoms with Crippen molar-refractivity contribution in [3.05, 3.63) is 35.4 Å². The fourth-order valence-corrected chi connectivity index (χ4v) is 4.87. The molecule has 1 N–H and O–H groups in total. The Bertz CT molecular complexity index is 729. The molecule has 2 heterocycles. The van der Waals surface area contributed by atoms with Gasteiger partial charge in [0.05, 0.1) is 12.2 Å². The molecule has 2 aliphatic rings. The highest BCUT2D eigenvalue weighted by atomic mass is 127. The number of guanidine groups is 1. The maximum absolute atomic E-state index is 13.0. The zero-order chi connectivity index (χ0) is 22.4. The third kappa shape index (κ3) is 6.96. The van der Waals surface area contributed by atoms with Crippen LogP contribution >= 0.6 is 24.0 Å². The van der Waals surface area contributed by atoms with Gasteiger partial charge in [-0.2, -0.15) is 13.2 Å². The van der Waals surface area contributed by atoms with E-state index >= 15 is 0 Å². The molecule has 3 rings (SSSR count). The van der Waals surface area contributed by atoms with Crippen molar-refractivity contribution < 1.29 is 17.9 Å². The normalized spacial score (nSPS) is 25.0. The second-order valence-electron chi connectivity index (χ2n) is 8.64. The summed E-state index contributed by atoms with van der Waals surface area (Å²) in [4.78, 5) is 9.02. The fraction of sp³-hybridized carbons (Fsp3) is 0.696.